The van der Waals surface area contributed by atoms with E-state index in [1.54, 1.807) is 25.4 Å². The van der Waals surface area contributed by atoms with Crippen molar-refractivity contribution in [3.8, 4) is 0 Å². The molecule has 19 heavy (non-hydrogen) atoms. The summed E-state index contributed by atoms with van der Waals surface area (Å²) in [5.41, 5.74) is 1.19. The molecule has 1 aliphatic heterocycles. The monoisotopic (exact) mass is 263 g/mol. The van der Waals surface area contributed by atoms with Crippen LogP contribution in [0.15, 0.2) is 18.3 Å². The second-order valence-electron chi connectivity index (χ2n) is 4.60. The van der Waals surface area contributed by atoms with Gasteiger partial charge in [-0.3, -0.25) is 14.6 Å². The van der Waals surface area contributed by atoms with E-state index in [1.807, 2.05) is 4.90 Å². The lowest BCUT2D eigenvalue weighted by Crippen LogP contribution is -2.38. The van der Waals surface area contributed by atoms with E-state index in [4.69, 9.17) is 5.11 Å². The standard InChI is InChI=1S/C13H17N3O3/c1-14-12(17)11-7-10(4-5-15-11)16-6-2-3-9(8-16)13(18)19/h4-5,7,9H,2-3,6,8H2,1H3,(H,14,17)(H,18,19). The number of anilines is 1. The minimum atomic E-state index is -0.759. The minimum Gasteiger partial charge on any atom is -0.481 e. The summed E-state index contributed by atoms with van der Waals surface area (Å²) in [6.07, 6.45) is 3.12. The van der Waals surface area contributed by atoms with Gasteiger partial charge in [-0.1, -0.05) is 0 Å². The maximum absolute atomic E-state index is 11.5. The molecule has 1 amide bonds. The van der Waals surface area contributed by atoms with Crippen molar-refractivity contribution in [3.05, 3.63) is 24.0 Å². The van der Waals surface area contributed by atoms with E-state index in [0.717, 1.165) is 18.7 Å². The van der Waals surface area contributed by atoms with Gasteiger partial charge in [-0.25, -0.2) is 0 Å². The van der Waals surface area contributed by atoms with E-state index in [-0.39, 0.29) is 11.8 Å². The fraction of sp³-hybridized carbons (Fsp3) is 0.462. The number of hydrogen-bond acceptors (Lipinski definition) is 4. The van der Waals surface area contributed by atoms with Crippen LogP contribution in [0.4, 0.5) is 5.69 Å². The number of amides is 1. The normalized spacial score (nSPS) is 19.0. The zero-order valence-electron chi connectivity index (χ0n) is 10.8. The van der Waals surface area contributed by atoms with Crippen molar-refractivity contribution in [1.82, 2.24) is 10.3 Å². The Kier molecular flexibility index (Phi) is 3.99. The molecule has 6 heteroatoms. The van der Waals surface area contributed by atoms with Crippen LogP contribution >= 0.6 is 0 Å². The molecule has 0 saturated carbocycles. The van der Waals surface area contributed by atoms with Crippen LogP contribution in [0.2, 0.25) is 0 Å². The number of nitrogens with one attached hydrogen (secondary N) is 1. The summed E-state index contributed by atoms with van der Waals surface area (Å²) < 4.78 is 0. The van der Waals surface area contributed by atoms with E-state index < -0.39 is 5.97 Å². The predicted molar refractivity (Wildman–Crippen MR) is 70.2 cm³/mol. The minimum absolute atomic E-state index is 0.242. The highest BCUT2D eigenvalue weighted by atomic mass is 16.4. The number of hydrogen-bond donors (Lipinski definition) is 2. The Balaban J connectivity index is 2.17. The van der Waals surface area contributed by atoms with Gasteiger partial charge in [0.25, 0.3) is 5.91 Å². The van der Waals surface area contributed by atoms with Crippen LogP contribution in [0.3, 0.4) is 0 Å². The number of pyridine rings is 1. The molecule has 102 valence electrons. The van der Waals surface area contributed by atoms with E-state index in [9.17, 15) is 9.59 Å². The number of piperidine rings is 1. The molecular formula is C13H17N3O3. The van der Waals surface area contributed by atoms with Crippen molar-refractivity contribution in [2.75, 3.05) is 25.0 Å². The summed E-state index contributed by atoms with van der Waals surface area (Å²) in [6.45, 7) is 1.29. The molecule has 1 saturated heterocycles. The highest BCUT2D eigenvalue weighted by Gasteiger charge is 2.25. The predicted octanol–water partition coefficient (Wildman–Crippen LogP) is 0.742. The average Bonchev–Trinajstić information content (AvgIpc) is 2.46. The van der Waals surface area contributed by atoms with Crippen LogP contribution in [0.5, 0.6) is 0 Å². The van der Waals surface area contributed by atoms with Gasteiger partial charge in [0.05, 0.1) is 5.92 Å². The van der Waals surface area contributed by atoms with Gasteiger partial charge in [0.15, 0.2) is 0 Å². The third-order valence-corrected chi connectivity index (χ3v) is 3.34. The van der Waals surface area contributed by atoms with Crippen molar-refractivity contribution >= 4 is 17.6 Å². The molecule has 1 aromatic heterocycles. The molecule has 2 N–H and O–H groups in total. The molecule has 6 nitrogen and oxygen atoms in total. The fourth-order valence-corrected chi connectivity index (χ4v) is 2.28. The molecule has 0 aromatic carbocycles. The van der Waals surface area contributed by atoms with Crippen LogP contribution in [0.25, 0.3) is 0 Å². The molecule has 1 aromatic rings. The number of carbonyl (C=O) groups is 2. The maximum Gasteiger partial charge on any atom is 0.308 e. The molecule has 0 radical (unpaired) electrons. The number of aromatic nitrogens is 1. The Morgan fingerprint density at radius 3 is 3.00 bits per heavy atom. The van der Waals surface area contributed by atoms with Gasteiger partial charge >= 0.3 is 5.97 Å². The number of carbonyl (C=O) groups excluding carboxylic acids is 1. The molecule has 0 bridgehead atoms. The molecule has 1 aliphatic rings. The second-order valence-corrected chi connectivity index (χ2v) is 4.60. The first kappa shape index (κ1) is 13.3. The molecule has 0 aliphatic carbocycles. The van der Waals surface area contributed by atoms with E-state index in [0.29, 0.717) is 18.7 Å². The Labute approximate surface area is 111 Å². The number of aliphatic carboxylic acids is 1. The summed E-state index contributed by atoms with van der Waals surface area (Å²) in [4.78, 5) is 28.6. The van der Waals surface area contributed by atoms with Crippen molar-refractivity contribution in [3.63, 3.8) is 0 Å². The third kappa shape index (κ3) is 3.01. The van der Waals surface area contributed by atoms with Crippen molar-refractivity contribution in [2.45, 2.75) is 12.8 Å². The Hall–Kier alpha value is -2.11. The summed E-state index contributed by atoms with van der Waals surface area (Å²) in [5, 5.41) is 11.6. The average molecular weight is 263 g/mol. The first-order valence-corrected chi connectivity index (χ1v) is 6.27. The summed E-state index contributed by atoms with van der Waals surface area (Å²) in [6, 6.07) is 3.50. The van der Waals surface area contributed by atoms with Crippen molar-refractivity contribution in [2.24, 2.45) is 5.92 Å². The van der Waals surface area contributed by atoms with Gasteiger partial charge in [-0.05, 0) is 25.0 Å². The van der Waals surface area contributed by atoms with Crippen LogP contribution in [-0.2, 0) is 4.79 Å². The van der Waals surface area contributed by atoms with Gasteiger partial charge in [0.1, 0.15) is 5.69 Å². The quantitative estimate of drug-likeness (QED) is 0.840. The van der Waals surface area contributed by atoms with Gasteiger partial charge in [-0.15, -0.1) is 0 Å². The number of carboxylic acids is 1. The van der Waals surface area contributed by atoms with Crippen LogP contribution in [0.1, 0.15) is 23.3 Å². The lowest BCUT2D eigenvalue weighted by molar-refractivity contribution is -0.141. The Morgan fingerprint density at radius 1 is 1.53 bits per heavy atom. The highest BCUT2D eigenvalue weighted by molar-refractivity contribution is 5.92. The summed E-state index contributed by atoms with van der Waals surface area (Å²) in [5.74, 6) is -1.34. The second kappa shape index (κ2) is 5.69. The zero-order chi connectivity index (χ0) is 13.8. The van der Waals surface area contributed by atoms with Crippen LogP contribution in [-0.4, -0.2) is 42.1 Å². The van der Waals surface area contributed by atoms with Crippen LogP contribution < -0.4 is 10.2 Å². The summed E-state index contributed by atoms with van der Waals surface area (Å²) >= 11 is 0. The first-order chi connectivity index (χ1) is 9.11. The molecular weight excluding hydrogens is 246 g/mol. The third-order valence-electron chi connectivity index (χ3n) is 3.34. The smallest absolute Gasteiger partial charge is 0.308 e. The molecule has 1 unspecified atom stereocenters. The lowest BCUT2D eigenvalue weighted by Gasteiger charge is -2.32. The molecule has 2 rings (SSSR count). The fourth-order valence-electron chi connectivity index (χ4n) is 2.28. The van der Waals surface area contributed by atoms with Crippen molar-refractivity contribution in [1.29, 1.82) is 0 Å². The van der Waals surface area contributed by atoms with Gasteiger partial charge < -0.3 is 15.3 Å². The molecule has 0 spiro atoms. The van der Waals surface area contributed by atoms with E-state index in [1.165, 1.54) is 0 Å². The molecule has 1 fully saturated rings. The number of nitrogens with zero attached hydrogens (tertiary/aromatic N) is 2. The van der Waals surface area contributed by atoms with E-state index in [2.05, 4.69) is 10.3 Å². The maximum atomic E-state index is 11.5. The lowest BCUT2D eigenvalue weighted by atomic mass is 9.98. The molecule has 1 atom stereocenters. The Bertz CT molecular complexity index is 490. The topological polar surface area (TPSA) is 82.5 Å². The number of rotatable bonds is 3. The van der Waals surface area contributed by atoms with Gasteiger partial charge in [0, 0.05) is 32.0 Å². The molecule has 2 heterocycles. The van der Waals surface area contributed by atoms with Crippen LogP contribution in [0, 0.1) is 5.92 Å². The van der Waals surface area contributed by atoms with E-state index >= 15 is 0 Å². The highest BCUT2D eigenvalue weighted by Crippen LogP contribution is 2.23. The summed E-state index contributed by atoms with van der Waals surface area (Å²) in [7, 11) is 1.55. The van der Waals surface area contributed by atoms with Gasteiger partial charge in [0.2, 0.25) is 0 Å². The zero-order valence-corrected chi connectivity index (χ0v) is 10.8. The van der Waals surface area contributed by atoms with Gasteiger partial charge in [-0.2, -0.15) is 0 Å². The Morgan fingerprint density at radius 2 is 2.32 bits per heavy atom. The SMILES string of the molecule is CNC(=O)c1cc(N2CCCC(C(=O)O)C2)ccn1. The number of carboxylic acid groups (broad SMARTS) is 1. The first-order valence-electron chi connectivity index (χ1n) is 6.27. The van der Waals surface area contributed by atoms with Crippen molar-refractivity contribution < 1.29 is 14.7 Å². The largest absolute Gasteiger partial charge is 0.481 e.